The van der Waals surface area contributed by atoms with Crippen LogP contribution in [0.15, 0.2) is 30.3 Å². The van der Waals surface area contributed by atoms with Gasteiger partial charge >= 0.3 is 0 Å². The highest BCUT2D eigenvalue weighted by atomic mass is 16.5. The van der Waals surface area contributed by atoms with Gasteiger partial charge in [0.15, 0.2) is 0 Å². The molecule has 1 amide bonds. The van der Waals surface area contributed by atoms with Crippen molar-refractivity contribution >= 4 is 11.6 Å². The minimum atomic E-state index is -0.217. The molecule has 1 atom stereocenters. The second-order valence-electron chi connectivity index (χ2n) is 5.73. The van der Waals surface area contributed by atoms with Gasteiger partial charge in [0, 0.05) is 5.69 Å². The zero-order valence-electron chi connectivity index (χ0n) is 13.1. The smallest absolute Gasteiger partial charge is 0.228 e. The fourth-order valence-electron chi connectivity index (χ4n) is 3.00. The fourth-order valence-corrected chi connectivity index (χ4v) is 3.00. The molecule has 3 rings (SSSR count). The highest BCUT2D eigenvalue weighted by Crippen LogP contribution is 2.35. The van der Waals surface area contributed by atoms with E-state index in [9.17, 15) is 4.79 Å². The summed E-state index contributed by atoms with van der Waals surface area (Å²) in [5.74, 6) is 0.861. The zero-order valence-corrected chi connectivity index (χ0v) is 13.1. The Bertz CT molecular complexity index is 736. The number of fused-ring (bicyclic) bond motifs is 1. The maximum absolute atomic E-state index is 11.6. The highest BCUT2D eigenvalue weighted by Gasteiger charge is 2.24. The molecule has 0 bridgehead atoms. The van der Waals surface area contributed by atoms with Crippen LogP contribution < -0.4 is 15.8 Å². The molecule has 0 aliphatic carbocycles. The maximum atomic E-state index is 11.6. The van der Waals surface area contributed by atoms with Gasteiger partial charge in [0.25, 0.3) is 0 Å². The number of carbonyl (C=O) groups is 1. The summed E-state index contributed by atoms with van der Waals surface area (Å²) >= 11 is 0. The van der Waals surface area contributed by atoms with Gasteiger partial charge in [-0.3, -0.25) is 4.79 Å². The van der Waals surface area contributed by atoms with Crippen molar-refractivity contribution in [2.45, 2.75) is 26.3 Å². The van der Waals surface area contributed by atoms with E-state index in [1.807, 2.05) is 31.2 Å². The van der Waals surface area contributed by atoms with Gasteiger partial charge in [-0.2, -0.15) is 0 Å². The van der Waals surface area contributed by atoms with Crippen molar-refractivity contribution in [2.75, 3.05) is 12.4 Å². The van der Waals surface area contributed by atoms with Crippen LogP contribution in [0.5, 0.6) is 5.75 Å². The van der Waals surface area contributed by atoms with Gasteiger partial charge in [0.2, 0.25) is 5.91 Å². The van der Waals surface area contributed by atoms with E-state index in [-0.39, 0.29) is 11.9 Å². The average Bonchev–Trinajstić information content (AvgIpc) is 2.91. The number of nitrogens with two attached hydrogens (primary N) is 1. The first-order valence-corrected chi connectivity index (χ1v) is 7.33. The van der Waals surface area contributed by atoms with Crippen LogP contribution in [-0.2, 0) is 11.2 Å². The third-order valence-electron chi connectivity index (χ3n) is 4.45. The van der Waals surface area contributed by atoms with Crippen molar-refractivity contribution in [3.05, 3.63) is 58.1 Å². The average molecular weight is 296 g/mol. The van der Waals surface area contributed by atoms with Crippen molar-refractivity contribution in [1.29, 1.82) is 0 Å². The van der Waals surface area contributed by atoms with E-state index < -0.39 is 0 Å². The van der Waals surface area contributed by atoms with Crippen molar-refractivity contribution in [2.24, 2.45) is 5.73 Å². The monoisotopic (exact) mass is 296 g/mol. The van der Waals surface area contributed by atoms with Crippen LogP contribution in [-0.4, -0.2) is 13.0 Å². The third-order valence-corrected chi connectivity index (χ3v) is 4.45. The molecular formula is C18H20N2O2. The Balaban J connectivity index is 2.02. The molecule has 0 saturated heterocycles. The number of benzene rings is 2. The lowest BCUT2D eigenvalue weighted by Gasteiger charge is -2.19. The van der Waals surface area contributed by atoms with E-state index in [0.717, 1.165) is 39.3 Å². The van der Waals surface area contributed by atoms with Crippen LogP contribution in [0.2, 0.25) is 0 Å². The SMILES string of the molecule is COc1ccc(C(N)c2cc3c(c(C)c2C)NC(=O)C3)cc1. The summed E-state index contributed by atoms with van der Waals surface area (Å²) in [6.07, 6.45) is 0.429. The molecule has 1 aliphatic rings. The number of ether oxygens (including phenoxy) is 1. The van der Waals surface area contributed by atoms with E-state index in [1.165, 1.54) is 0 Å². The Morgan fingerprint density at radius 1 is 1.18 bits per heavy atom. The van der Waals surface area contributed by atoms with Gasteiger partial charge in [-0.05, 0) is 53.8 Å². The summed E-state index contributed by atoms with van der Waals surface area (Å²) in [5, 5.41) is 2.93. The molecule has 3 N–H and O–H groups in total. The fraction of sp³-hybridized carbons (Fsp3) is 0.278. The zero-order chi connectivity index (χ0) is 15.9. The number of methoxy groups -OCH3 is 1. The summed E-state index contributed by atoms with van der Waals surface area (Å²) < 4.78 is 5.18. The Morgan fingerprint density at radius 3 is 2.50 bits per heavy atom. The van der Waals surface area contributed by atoms with Crippen molar-refractivity contribution in [3.63, 3.8) is 0 Å². The standard InChI is InChI=1S/C18H20N2O2/c1-10-11(2)18-13(9-16(21)20-18)8-15(10)17(19)12-4-6-14(22-3)7-5-12/h4-8,17H,9,19H2,1-3H3,(H,20,21). The molecular weight excluding hydrogens is 276 g/mol. The van der Waals surface area contributed by atoms with Crippen LogP contribution >= 0.6 is 0 Å². The Kier molecular flexibility index (Phi) is 3.62. The number of carbonyl (C=O) groups excluding carboxylic acids is 1. The molecule has 22 heavy (non-hydrogen) atoms. The topological polar surface area (TPSA) is 64.3 Å². The quantitative estimate of drug-likeness (QED) is 0.915. The van der Waals surface area contributed by atoms with E-state index in [1.54, 1.807) is 7.11 Å². The second kappa shape index (κ2) is 5.46. The van der Waals surface area contributed by atoms with Gasteiger partial charge in [-0.15, -0.1) is 0 Å². The lowest BCUT2D eigenvalue weighted by molar-refractivity contribution is -0.115. The van der Waals surface area contributed by atoms with Gasteiger partial charge in [-0.25, -0.2) is 0 Å². The van der Waals surface area contributed by atoms with Crippen molar-refractivity contribution < 1.29 is 9.53 Å². The van der Waals surface area contributed by atoms with Crippen LogP contribution in [0.1, 0.15) is 33.9 Å². The molecule has 114 valence electrons. The van der Waals surface area contributed by atoms with Crippen LogP contribution in [0, 0.1) is 13.8 Å². The van der Waals surface area contributed by atoms with E-state index in [0.29, 0.717) is 6.42 Å². The molecule has 0 spiro atoms. The summed E-state index contributed by atoms with van der Waals surface area (Å²) in [5.41, 5.74) is 12.8. The molecule has 0 saturated carbocycles. The lowest BCUT2D eigenvalue weighted by Crippen LogP contribution is -2.14. The molecule has 4 heteroatoms. The first kappa shape index (κ1) is 14.6. The van der Waals surface area contributed by atoms with E-state index in [4.69, 9.17) is 10.5 Å². The number of hydrogen-bond acceptors (Lipinski definition) is 3. The Morgan fingerprint density at radius 2 is 1.86 bits per heavy atom. The lowest BCUT2D eigenvalue weighted by atomic mass is 9.90. The predicted molar refractivity (Wildman–Crippen MR) is 87.3 cm³/mol. The van der Waals surface area contributed by atoms with Crippen LogP contribution in [0.25, 0.3) is 0 Å². The van der Waals surface area contributed by atoms with E-state index in [2.05, 4.69) is 18.3 Å². The summed E-state index contributed by atoms with van der Waals surface area (Å²) in [7, 11) is 1.65. The number of hydrogen-bond donors (Lipinski definition) is 2. The van der Waals surface area contributed by atoms with Crippen molar-refractivity contribution in [1.82, 2.24) is 0 Å². The van der Waals surface area contributed by atoms with E-state index >= 15 is 0 Å². The molecule has 1 heterocycles. The Labute approximate surface area is 130 Å². The number of rotatable bonds is 3. The molecule has 1 aliphatic heterocycles. The maximum Gasteiger partial charge on any atom is 0.228 e. The van der Waals surface area contributed by atoms with Gasteiger partial charge in [0.05, 0.1) is 19.6 Å². The summed E-state index contributed by atoms with van der Waals surface area (Å²) in [6, 6.07) is 9.63. The normalized spacial score (nSPS) is 14.5. The number of nitrogens with one attached hydrogen (secondary N) is 1. The summed E-state index contributed by atoms with van der Waals surface area (Å²) in [4.78, 5) is 11.6. The minimum absolute atomic E-state index is 0.0488. The number of amides is 1. The van der Waals surface area contributed by atoms with Gasteiger partial charge in [-0.1, -0.05) is 18.2 Å². The highest BCUT2D eigenvalue weighted by molar-refractivity contribution is 6.00. The predicted octanol–water partition coefficient (Wildman–Crippen LogP) is 2.85. The largest absolute Gasteiger partial charge is 0.497 e. The Hall–Kier alpha value is -2.33. The van der Waals surface area contributed by atoms with Gasteiger partial charge < -0.3 is 15.8 Å². The molecule has 2 aromatic rings. The molecule has 0 radical (unpaired) electrons. The molecule has 1 unspecified atom stereocenters. The molecule has 4 nitrogen and oxygen atoms in total. The van der Waals surface area contributed by atoms with Crippen LogP contribution in [0.4, 0.5) is 5.69 Å². The second-order valence-corrected chi connectivity index (χ2v) is 5.73. The number of anilines is 1. The first-order chi connectivity index (χ1) is 10.5. The van der Waals surface area contributed by atoms with Crippen LogP contribution in [0.3, 0.4) is 0 Å². The third kappa shape index (κ3) is 2.35. The van der Waals surface area contributed by atoms with Crippen molar-refractivity contribution in [3.8, 4) is 5.75 Å². The molecule has 2 aromatic carbocycles. The van der Waals surface area contributed by atoms with Gasteiger partial charge in [0.1, 0.15) is 5.75 Å². The molecule has 0 aromatic heterocycles. The summed E-state index contributed by atoms with van der Waals surface area (Å²) in [6.45, 7) is 4.09. The molecule has 0 fully saturated rings. The minimum Gasteiger partial charge on any atom is -0.497 e. The first-order valence-electron chi connectivity index (χ1n) is 7.33.